The second-order valence-corrected chi connectivity index (χ2v) is 6.65. The van der Waals surface area contributed by atoms with Crippen LogP contribution in [0, 0.1) is 0 Å². The standard InChI is InChI=1S/C20H21N5O2S/c1-3-13-25-19(15-9-11-21-12-10-15)23-24-20(25)28-14-18(26)22-16-7-5-6-8-17(16)27-4-2/h3,5-12H,1,4,13-14H2,2H3,(H,22,26). The molecule has 0 atom stereocenters. The number of carbonyl (C=O) groups is 1. The molecule has 0 bridgehead atoms. The molecular formula is C20H21N5O2S. The van der Waals surface area contributed by atoms with Crippen molar-refractivity contribution in [3.63, 3.8) is 0 Å². The minimum atomic E-state index is -0.143. The van der Waals surface area contributed by atoms with Crippen LogP contribution in [0.15, 0.2) is 66.6 Å². The van der Waals surface area contributed by atoms with Crippen LogP contribution in [0.25, 0.3) is 11.4 Å². The van der Waals surface area contributed by atoms with Crippen molar-refractivity contribution < 1.29 is 9.53 Å². The van der Waals surface area contributed by atoms with Gasteiger partial charge < -0.3 is 10.1 Å². The molecule has 2 heterocycles. The van der Waals surface area contributed by atoms with Crippen LogP contribution in [0.5, 0.6) is 5.75 Å². The van der Waals surface area contributed by atoms with Gasteiger partial charge in [-0.25, -0.2) is 0 Å². The number of thioether (sulfide) groups is 1. The summed E-state index contributed by atoms with van der Waals surface area (Å²) in [7, 11) is 0. The summed E-state index contributed by atoms with van der Waals surface area (Å²) < 4.78 is 7.46. The average Bonchev–Trinajstić information content (AvgIpc) is 3.12. The van der Waals surface area contributed by atoms with Gasteiger partial charge >= 0.3 is 0 Å². The molecule has 8 heteroatoms. The third-order valence-electron chi connectivity index (χ3n) is 3.76. The van der Waals surface area contributed by atoms with Crippen molar-refractivity contribution in [1.82, 2.24) is 19.7 Å². The number of amides is 1. The molecule has 0 fully saturated rings. The third kappa shape index (κ3) is 4.77. The van der Waals surface area contributed by atoms with Gasteiger partial charge in [0.15, 0.2) is 11.0 Å². The van der Waals surface area contributed by atoms with Crippen LogP contribution < -0.4 is 10.1 Å². The van der Waals surface area contributed by atoms with Gasteiger partial charge in [0.1, 0.15) is 5.75 Å². The number of aromatic nitrogens is 4. The Kier molecular flexibility index (Phi) is 6.80. The maximum absolute atomic E-state index is 12.4. The number of rotatable bonds is 9. The highest BCUT2D eigenvalue weighted by molar-refractivity contribution is 7.99. The van der Waals surface area contributed by atoms with E-state index in [1.165, 1.54) is 11.8 Å². The lowest BCUT2D eigenvalue weighted by Gasteiger charge is -2.11. The molecule has 1 amide bonds. The molecule has 0 aliphatic rings. The van der Waals surface area contributed by atoms with Crippen molar-refractivity contribution in [3.8, 4) is 17.1 Å². The summed E-state index contributed by atoms with van der Waals surface area (Å²) in [6, 6.07) is 11.1. The molecule has 0 radical (unpaired) electrons. The Morgan fingerprint density at radius 1 is 1.25 bits per heavy atom. The molecule has 2 aromatic heterocycles. The number of anilines is 1. The van der Waals surface area contributed by atoms with E-state index in [-0.39, 0.29) is 11.7 Å². The molecule has 0 aliphatic carbocycles. The van der Waals surface area contributed by atoms with Crippen molar-refractivity contribution >= 4 is 23.4 Å². The number of carbonyl (C=O) groups excluding carboxylic acids is 1. The summed E-state index contributed by atoms with van der Waals surface area (Å²) in [5.41, 5.74) is 1.56. The summed E-state index contributed by atoms with van der Waals surface area (Å²) in [4.78, 5) is 16.4. The van der Waals surface area contributed by atoms with Crippen LogP contribution in [0.4, 0.5) is 5.69 Å². The van der Waals surface area contributed by atoms with Crippen LogP contribution in [0.3, 0.4) is 0 Å². The highest BCUT2D eigenvalue weighted by Gasteiger charge is 2.15. The molecule has 0 aliphatic heterocycles. The van der Waals surface area contributed by atoms with Gasteiger partial charge in [0.25, 0.3) is 0 Å². The summed E-state index contributed by atoms with van der Waals surface area (Å²) in [5, 5.41) is 12.0. The second kappa shape index (κ2) is 9.70. The fourth-order valence-corrected chi connectivity index (χ4v) is 3.32. The molecule has 0 saturated carbocycles. The van der Waals surface area contributed by atoms with Crippen molar-refractivity contribution in [2.75, 3.05) is 17.7 Å². The molecule has 1 N–H and O–H groups in total. The lowest BCUT2D eigenvalue weighted by Crippen LogP contribution is -2.15. The highest BCUT2D eigenvalue weighted by Crippen LogP contribution is 2.26. The van der Waals surface area contributed by atoms with E-state index in [4.69, 9.17) is 4.74 Å². The molecule has 0 saturated heterocycles. The monoisotopic (exact) mass is 395 g/mol. The number of hydrogen-bond acceptors (Lipinski definition) is 6. The summed E-state index contributed by atoms with van der Waals surface area (Å²) in [6.45, 7) is 6.78. The van der Waals surface area contributed by atoms with Crippen LogP contribution in [0.1, 0.15) is 6.92 Å². The number of ether oxygens (including phenoxy) is 1. The van der Waals surface area contributed by atoms with Crippen LogP contribution in [-0.2, 0) is 11.3 Å². The molecule has 3 aromatic rings. The maximum atomic E-state index is 12.4. The van der Waals surface area contributed by atoms with E-state index in [1.54, 1.807) is 18.5 Å². The minimum Gasteiger partial charge on any atom is -0.492 e. The molecule has 0 spiro atoms. The van der Waals surface area contributed by atoms with E-state index in [0.29, 0.717) is 35.6 Å². The zero-order valence-electron chi connectivity index (χ0n) is 15.5. The molecule has 7 nitrogen and oxygen atoms in total. The number of nitrogens with one attached hydrogen (secondary N) is 1. The maximum Gasteiger partial charge on any atom is 0.234 e. The Bertz CT molecular complexity index is 943. The number of nitrogens with zero attached hydrogens (tertiary/aromatic N) is 4. The Balaban J connectivity index is 1.70. The molecule has 3 rings (SSSR count). The number of hydrogen-bond donors (Lipinski definition) is 1. The minimum absolute atomic E-state index is 0.143. The zero-order valence-corrected chi connectivity index (χ0v) is 16.4. The number of pyridine rings is 1. The topological polar surface area (TPSA) is 81.9 Å². The smallest absolute Gasteiger partial charge is 0.234 e. The van der Waals surface area contributed by atoms with Gasteiger partial charge in [0.05, 0.1) is 18.0 Å². The van der Waals surface area contributed by atoms with E-state index < -0.39 is 0 Å². The van der Waals surface area contributed by atoms with Crippen molar-refractivity contribution in [3.05, 3.63) is 61.4 Å². The predicted octanol–water partition coefficient (Wildman–Crippen LogP) is 3.66. The van der Waals surface area contributed by atoms with Crippen LogP contribution in [0.2, 0.25) is 0 Å². The second-order valence-electron chi connectivity index (χ2n) is 5.71. The first-order valence-corrected chi connectivity index (χ1v) is 9.80. The van der Waals surface area contributed by atoms with E-state index >= 15 is 0 Å². The molecule has 28 heavy (non-hydrogen) atoms. The summed E-state index contributed by atoms with van der Waals surface area (Å²) in [5.74, 6) is 1.42. The molecule has 0 unspecified atom stereocenters. The predicted molar refractivity (Wildman–Crippen MR) is 110 cm³/mol. The number of allylic oxidation sites excluding steroid dienone is 1. The Hall–Kier alpha value is -3.13. The number of para-hydroxylation sites is 2. The largest absolute Gasteiger partial charge is 0.492 e. The first-order chi connectivity index (χ1) is 13.7. The lowest BCUT2D eigenvalue weighted by atomic mass is 10.2. The van der Waals surface area contributed by atoms with E-state index in [2.05, 4.69) is 27.1 Å². The quantitative estimate of drug-likeness (QED) is 0.440. The van der Waals surface area contributed by atoms with E-state index in [0.717, 1.165) is 5.56 Å². The lowest BCUT2D eigenvalue weighted by molar-refractivity contribution is -0.113. The van der Waals surface area contributed by atoms with Crippen LogP contribution >= 0.6 is 11.8 Å². The average molecular weight is 395 g/mol. The number of benzene rings is 1. The Morgan fingerprint density at radius 2 is 2.04 bits per heavy atom. The molecular weight excluding hydrogens is 374 g/mol. The van der Waals surface area contributed by atoms with Gasteiger partial charge in [0, 0.05) is 24.5 Å². The summed E-state index contributed by atoms with van der Waals surface area (Å²) >= 11 is 1.32. The van der Waals surface area contributed by atoms with Gasteiger partial charge in [-0.05, 0) is 31.2 Å². The fraction of sp³-hybridized carbons (Fsp3) is 0.200. The highest BCUT2D eigenvalue weighted by atomic mass is 32.2. The van der Waals surface area contributed by atoms with Gasteiger partial charge in [-0.1, -0.05) is 30.0 Å². The normalized spacial score (nSPS) is 10.5. The van der Waals surface area contributed by atoms with Gasteiger partial charge in [0.2, 0.25) is 5.91 Å². The van der Waals surface area contributed by atoms with E-state index in [1.807, 2.05) is 47.9 Å². The Morgan fingerprint density at radius 3 is 2.79 bits per heavy atom. The first kappa shape index (κ1) is 19.6. The Labute approximate surface area is 167 Å². The molecule has 1 aromatic carbocycles. The first-order valence-electron chi connectivity index (χ1n) is 8.82. The van der Waals surface area contributed by atoms with E-state index in [9.17, 15) is 4.79 Å². The van der Waals surface area contributed by atoms with Crippen molar-refractivity contribution in [2.45, 2.75) is 18.6 Å². The van der Waals surface area contributed by atoms with Crippen molar-refractivity contribution in [2.24, 2.45) is 0 Å². The molecule has 144 valence electrons. The van der Waals surface area contributed by atoms with Gasteiger partial charge in [-0.15, -0.1) is 16.8 Å². The van der Waals surface area contributed by atoms with Crippen molar-refractivity contribution in [1.29, 1.82) is 0 Å². The van der Waals surface area contributed by atoms with Gasteiger partial charge in [-0.3, -0.25) is 14.3 Å². The third-order valence-corrected chi connectivity index (χ3v) is 4.73. The van der Waals surface area contributed by atoms with Crippen LogP contribution in [-0.4, -0.2) is 38.0 Å². The fourth-order valence-electron chi connectivity index (χ4n) is 2.57. The van der Waals surface area contributed by atoms with Gasteiger partial charge in [-0.2, -0.15) is 0 Å². The summed E-state index contributed by atoms with van der Waals surface area (Å²) in [6.07, 6.45) is 5.19. The SMILES string of the molecule is C=CCn1c(SCC(=O)Nc2ccccc2OCC)nnc1-c1ccncc1. The zero-order chi connectivity index (χ0) is 19.8.